The van der Waals surface area contributed by atoms with E-state index in [4.69, 9.17) is 5.11 Å². The SMILES string of the molecule is C/C=C\C=C(/CC)CO. The lowest BCUT2D eigenvalue weighted by Gasteiger charge is -1.93. The predicted molar refractivity (Wildman–Crippen MR) is 40.3 cm³/mol. The van der Waals surface area contributed by atoms with Gasteiger partial charge in [-0.2, -0.15) is 0 Å². The van der Waals surface area contributed by atoms with Crippen LogP contribution in [-0.4, -0.2) is 11.7 Å². The van der Waals surface area contributed by atoms with Gasteiger partial charge in [0.15, 0.2) is 0 Å². The number of rotatable bonds is 3. The summed E-state index contributed by atoms with van der Waals surface area (Å²) in [6.45, 7) is 4.17. The number of hydrogen-bond donors (Lipinski definition) is 1. The molecule has 0 unspecified atom stereocenters. The maximum Gasteiger partial charge on any atom is 0.0644 e. The highest BCUT2D eigenvalue weighted by Crippen LogP contribution is 1.97. The van der Waals surface area contributed by atoms with Crippen molar-refractivity contribution in [2.24, 2.45) is 0 Å². The molecule has 0 spiro atoms. The molecule has 0 atom stereocenters. The van der Waals surface area contributed by atoms with Crippen molar-refractivity contribution in [1.82, 2.24) is 0 Å². The van der Waals surface area contributed by atoms with Gasteiger partial charge in [-0.25, -0.2) is 0 Å². The third-order valence-electron chi connectivity index (χ3n) is 1.18. The summed E-state index contributed by atoms with van der Waals surface area (Å²) in [7, 11) is 0. The molecule has 0 heterocycles. The van der Waals surface area contributed by atoms with E-state index in [0.717, 1.165) is 12.0 Å². The Morgan fingerprint density at radius 2 is 2.22 bits per heavy atom. The fourth-order valence-corrected chi connectivity index (χ4v) is 0.515. The van der Waals surface area contributed by atoms with Gasteiger partial charge in [0.1, 0.15) is 0 Å². The summed E-state index contributed by atoms with van der Waals surface area (Å²) in [4.78, 5) is 0. The summed E-state index contributed by atoms with van der Waals surface area (Å²) in [5.41, 5.74) is 1.08. The highest BCUT2D eigenvalue weighted by Gasteiger charge is 1.85. The maximum atomic E-state index is 8.65. The van der Waals surface area contributed by atoms with E-state index >= 15 is 0 Å². The molecule has 1 N–H and O–H groups in total. The molecule has 0 saturated heterocycles. The molecule has 0 radical (unpaired) electrons. The van der Waals surface area contributed by atoms with Gasteiger partial charge in [0.25, 0.3) is 0 Å². The van der Waals surface area contributed by atoms with E-state index in [9.17, 15) is 0 Å². The molecule has 0 aliphatic heterocycles. The molecular formula is C8H14O. The van der Waals surface area contributed by atoms with E-state index in [1.54, 1.807) is 0 Å². The van der Waals surface area contributed by atoms with E-state index in [1.807, 2.05) is 32.1 Å². The second-order valence-electron chi connectivity index (χ2n) is 1.86. The molecule has 0 bridgehead atoms. The van der Waals surface area contributed by atoms with Crippen LogP contribution < -0.4 is 0 Å². The van der Waals surface area contributed by atoms with E-state index in [2.05, 4.69) is 0 Å². The second-order valence-corrected chi connectivity index (χ2v) is 1.86. The zero-order valence-electron chi connectivity index (χ0n) is 6.09. The third kappa shape index (κ3) is 3.98. The quantitative estimate of drug-likeness (QED) is 0.572. The van der Waals surface area contributed by atoms with Crippen LogP contribution in [0.5, 0.6) is 0 Å². The fraction of sp³-hybridized carbons (Fsp3) is 0.500. The van der Waals surface area contributed by atoms with Crippen LogP contribution in [0.2, 0.25) is 0 Å². The number of allylic oxidation sites excluding steroid dienone is 3. The normalized spacial score (nSPS) is 13.0. The predicted octanol–water partition coefficient (Wildman–Crippen LogP) is 1.89. The molecule has 0 saturated carbocycles. The molecule has 0 fully saturated rings. The molecule has 0 aromatic heterocycles. The Hall–Kier alpha value is -0.560. The van der Waals surface area contributed by atoms with Gasteiger partial charge in [0.2, 0.25) is 0 Å². The van der Waals surface area contributed by atoms with Crippen molar-refractivity contribution in [2.75, 3.05) is 6.61 Å². The van der Waals surface area contributed by atoms with E-state index in [1.165, 1.54) is 0 Å². The Morgan fingerprint density at radius 3 is 2.56 bits per heavy atom. The molecule has 1 nitrogen and oxygen atoms in total. The Morgan fingerprint density at radius 1 is 1.56 bits per heavy atom. The van der Waals surface area contributed by atoms with Gasteiger partial charge < -0.3 is 5.11 Å². The Balaban J connectivity index is 3.75. The number of hydrogen-bond acceptors (Lipinski definition) is 1. The minimum absolute atomic E-state index is 0.181. The molecule has 0 aromatic carbocycles. The largest absolute Gasteiger partial charge is 0.392 e. The minimum Gasteiger partial charge on any atom is -0.392 e. The van der Waals surface area contributed by atoms with Crippen molar-refractivity contribution in [1.29, 1.82) is 0 Å². The van der Waals surface area contributed by atoms with Gasteiger partial charge in [0, 0.05) is 0 Å². The first-order valence-electron chi connectivity index (χ1n) is 3.26. The monoisotopic (exact) mass is 126 g/mol. The lowest BCUT2D eigenvalue weighted by molar-refractivity contribution is 0.328. The van der Waals surface area contributed by atoms with Crippen molar-refractivity contribution < 1.29 is 5.11 Å². The van der Waals surface area contributed by atoms with Crippen molar-refractivity contribution in [3.8, 4) is 0 Å². The second kappa shape index (κ2) is 5.57. The van der Waals surface area contributed by atoms with Crippen LogP contribution in [0.15, 0.2) is 23.8 Å². The van der Waals surface area contributed by atoms with Crippen LogP contribution in [0.4, 0.5) is 0 Å². The van der Waals surface area contributed by atoms with Crippen LogP contribution in [0.1, 0.15) is 20.3 Å². The first-order valence-corrected chi connectivity index (χ1v) is 3.26. The smallest absolute Gasteiger partial charge is 0.0644 e. The average molecular weight is 126 g/mol. The van der Waals surface area contributed by atoms with Crippen LogP contribution in [0.3, 0.4) is 0 Å². The minimum atomic E-state index is 0.181. The van der Waals surface area contributed by atoms with Gasteiger partial charge in [-0.05, 0) is 18.9 Å². The standard InChI is InChI=1S/C8H14O/c1-3-5-6-8(4-2)7-9/h3,5-6,9H,4,7H2,1-2H3/b5-3-,8-6+. The summed E-state index contributed by atoms with van der Waals surface area (Å²) in [6.07, 6.45) is 6.77. The first kappa shape index (κ1) is 8.44. The van der Waals surface area contributed by atoms with Gasteiger partial charge >= 0.3 is 0 Å². The summed E-state index contributed by atoms with van der Waals surface area (Å²) in [5.74, 6) is 0. The Labute approximate surface area is 56.7 Å². The number of aliphatic hydroxyl groups excluding tert-OH is 1. The summed E-state index contributed by atoms with van der Waals surface area (Å²) in [5, 5.41) is 8.65. The van der Waals surface area contributed by atoms with Crippen LogP contribution in [-0.2, 0) is 0 Å². The molecule has 9 heavy (non-hydrogen) atoms. The zero-order chi connectivity index (χ0) is 7.11. The first-order chi connectivity index (χ1) is 4.35. The van der Waals surface area contributed by atoms with Gasteiger partial charge in [-0.1, -0.05) is 25.2 Å². The topological polar surface area (TPSA) is 20.2 Å². The molecule has 0 amide bonds. The molecule has 0 aromatic rings. The molecular weight excluding hydrogens is 112 g/mol. The van der Waals surface area contributed by atoms with E-state index in [0.29, 0.717) is 0 Å². The molecule has 52 valence electrons. The lowest BCUT2D eigenvalue weighted by Crippen LogP contribution is -1.85. The average Bonchev–Trinajstić information content (AvgIpc) is 1.91. The lowest BCUT2D eigenvalue weighted by atomic mass is 10.2. The van der Waals surface area contributed by atoms with E-state index < -0.39 is 0 Å². The van der Waals surface area contributed by atoms with Crippen molar-refractivity contribution in [3.63, 3.8) is 0 Å². The molecule has 0 aliphatic carbocycles. The Bertz CT molecular complexity index is 106. The molecule has 0 rings (SSSR count). The molecule has 0 aliphatic rings. The molecule has 1 heteroatoms. The van der Waals surface area contributed by atoms with Crippen molar-refractivity contribution in [3.05, 3.63) is 23.8 Å². The Kier molecular flexibility index (Phi) is 5.23. The zero-order valence-corrected chi connectivity index (χ0v) is 6.09. The summed E-state index contributed by atoms with van der Waals surface area (Å²) < 4.78 is 0. The summed E-state index contributed by atoms with van der Waals surface area (Å²) >= 11 is 0. The van der Waals surface area contributed by atoms with E-state index in [-0.39, 0.29) is 6.61 Å². The highest BCUT2D eigenvalue weighted by molar-refractivity contribution is 5.11. The third-order valence-corrected chi connectivity index (χ3v) is 1.18. The van der Waals surface area contributed by atoms with Crippen LogP contribution in [0, 0.1) is 0 Å². The van der Waals surface area contributed by atoms with Crippen molar-refractivity contribution in [2.45, 2.75) is 20.3 Å². The van der Waals surface area contributed by atoms with Gasteiger partial charge in [0.05, 0.1) is 6.61 Å². The van der Waals surface area contributed by atoms with Crippen molar-refractivity contribution >= 4 is 0 Å². The van der Waals surface area contributed by atoms with Crippen LogP contribution >= 0.6 is 0 Å². The fourth-order valence-electron chi connectivity index (χ4n) is 0.515. The van der Waals surface area contributed by atoms with Gasteiger partial charge in [-0.3, -0.25) is 0 Å². The van der Waals surface area contributed by atoms with Gasteiger partial charge in [-0.15, -0.1) is 0 Å². The summed E-state index contributed by atoms with van der Waals surface area (Å²) in [6, 6.07) is 0. The maximum absolute atomic E-state index is 8.65. The highest BCUT2D eigenvalue weighted by atomic mass is 16.3. The van der Waals surface area contributed by atoms with Crippen LogP contribution in [0.25, 0.3) is 0 Å². The number of aliphatic hydroxyl groups is 1.